The van der Waals surface area contributed by atoms with Gasteiger partial charge in [-0.2, -0.15) is 0 Å². The van der Waals surface area contributed by atoms with Gasteiger partial charge in [-0.3, -0.25) is 0 Å². The molecule has 1 aromatic carbocycles. The number of rotatable bonds is 3. The Morgan fingerprint density at radius 1 is 1.35 bits per heavy atom. The van der Waals surface area contributed by atoms with E-state index in [0.29, 0.717) is 5.92 Å². The highest BCUT2D eigenvalue weighted by atomic mass is 35.5. The van der Waals surface area contributed by atoms with Crippen molar-refractivity contribution in [3.8, 4) is 11.3 Å². The van der Waals surface area contributed by atoms with Gasteiger partial charge in [0, 0.05) is 27.4 Å². The average Bonchev–Trinajstić information content (AvgIpc) is 3.00. The van der Waals surface area contributed by atoms with E-state index in [4.69, 9.17) is 21.3 Å². The molecule has 2 aromatic rings. The van der Waals surface area contributed by atoms with Crippen LogP contribution in [0.25, 0.3) is 11.3 Å². The van der Waals surface area contributed by atoms with Crippen molar-refractivity contribution in [2.24, 2.45) is 5.92 Å². The highest BCUT2D eigenvalue weighted by molar-refractivity contribution is 7.10. The Morgan fingerprint density at radius 3 is 2.65 bits per heavy atom. The summed E-state index contributed by atoms with van der Waals surface area (Å²) in [4.78, 5) is 16.9. The summed E-state index contributed by atoms with van der Waals surface area (Å²) in [6.07, 6.45) is 2.92. The Labute approximate surface area is 162 Å². The third-order valence-corrected chi connectivity index (χ3v) is 6.77. The highest BCUT2D eigenvalue weighted by Crippen LogP contribution is 2.62. The van der Waals surface area contributed by atoms with E-state index in [2.05, 4.69) is 10.7 Å². The molecule has 3 atom stereocenters. The van der Waals surface area contributed by atoms with Gasteiger partial charge in [-0.05, 0) is 58.1 Å². The van der Waals surface area contributed by atoms with Gasteiger partial charge in [0.25, 0.3) is 0 Å². The quantitative estimate of drug-likeness (QED) is 0.762. The van der Waals surface area contributed by atoms with E-state index in [-0.39, 0.29) is 17.6 Å². The molecule has 1 heterocycles. The molecule has 1 amide bonds. The van der Waals surface area contributed by atoms with Crippen molar-refractivity contribution in [2.75, 3.05) is 0 Å². The molecule has 26 heavy (non-hydrogen) atoms. The van der Waals surface area contributed by atoms with Gasteiger partial charge in [0.1, 0.15) is 5.60 Å². The molecule has 2 saturated carbocycles. The van der Waals surface area contributed by atoms with Gasteiger partial charge in [0.15, 0.2) is 0 Å². The first-order chi connectivity index (χ1) is 12.3. The molecule has 138 valence electrons. The molecule has 0 saturated heterocycles. The minimum Gasteiger partial charge on any atom is -0.444 e. The molecule has 4 nitrogen and oxygen atoms in total. The van der Waals surface area contributed by atoms with E-state index in [0.717, 1.165) is 35.5 Å². The highest BCUT2D eigenvalue weighted by Gasteiger charge is 2.62. The Balaban J connectivity index is 1.44. The first-order valence-electron chi connectivity index (χ1n) is 8.98. The zero-order chi connectivity index (χ0) is 18.5. The number of nitrogens with one attached hydrogen (secondary N) is 1. The fourth-order valence-electron chi connectivity index (χ4n) is 4.09. The number of nitrogens with zero attached hydrogens (tertiary/aromatic N) is 1. The molecule has 0 aliphatic heterocycles. The summed E-state index contributed by atoms with van der Waals surface area (Å²) in [5, 5.41) is 7.10. The normalized spacial score (nSPS) is 27.1. The number of benzene rings is 1. The van der Waals surface area contributed by atoms with Crippen molar-refractivity contribution in [1.82, 2.24) is 10.3 Å². The summed E-state index contributed by atoms with van der Waals surface area (Å²) in [6, 6.07) is 7.99. The zero-order valence-corrected chi connectivity index (χ0v) is 16.8. The zero-order valence-electron chi connectivity index (χ0n) is 15.2. The number of amides is 1. The van der Waals surface area contributed by atoms with E-state index < -0.39 is 5.60 Å². The number of ether oxygens (including phenoxy) is 1. The lowest BCUT2D eigenvalue weighted by Crippen LogP contribution is -2.67. The molecular formula is C20H23ClN2O2S. The molecular weight excluding hydrogens is 368 g/mol. The number of thiazole rings is 1. The van der Waals surface area contributed by atoms with Gasteiger partial charge >= 0.3 is 6.09 Å². The van der Waals surface area contributed by atoms with E-state index in [9.17, 15) is 4.79 Å². The van der Waals surface area contributed by atoms with E-state index >= 15 is 0 Å². The number of fused-ring (bicyclic) bond motifs is 1. The summed E-state index contributed by atoms with van der Waals surface area (Å²) in [5.74, 6) is 0.472. The maximum atomic E-state index is 12.0. The summed E-state index contributed by atoms with van der Waals surface area (Å²) >= 11 is 7.70. The smallest absolute Gasteiger partial charge is 0.407 e. The fourth-order valence-corrected chi connectivity index (χ4v) is 5.35. The molecule has 1 N–H and O–H groups in total. The first-order valence-corrected chi connectivity index (χ1v) is 10.2. The van der Waals surface area contributed by atoms with Gasteiger partial charge in [-0.1, -0.05) is 23.7 Å². The third kappa shape index (κ3) is 3.12. The van der Waals surface area contributed by atoms with Gasteiger partial charge in [0.05, 0.1) is 10.7 Å². The summed E-state index contributed by atoms with van der Waals surface area (Å²) in [5.41, 5.74) is 1.78. The molecule has 4 rings (SSSR count). The molecule has 2 aliphatic rings. The van der Waals surface area contributed by atoms with Crippen LogP contribution in [0.15, 0.2) is 29.6 Å². The number of halogens is 1. The Morgan fingerprint density at radius 2 is 2.08 bits per heavy atom. The monoisotopic (exact) mass is 390 g/mol. The van der Waals surface area contributed by atoms with Gasteiger partial charge in [-0.15, -0.1) is 11.3 Å². The van der Waals surface area contributed by atoms with Crippen molar-refractivity contribution in [1.29, 1.82) is 0 Å². The van der Waals surface area contributed by atoms with Crippen LogP contribution in [0.1, 0.15) is 45.0 Å². The Hall–Kier alpha value is -1.59. The lowest BCUT2D eigenvalue weighted by molar-refractivity contribution is -0.0405. The summed E-state index contributed by atoms with van der Waals surface area (Å²) in [6.45, 7) is 5.65. The molecule has 1 aromatic heterocycles. The van der Waals surface area contributed by atoms with Gasteiger partial charge in [-0.25, -0.2) is 9.78 Å². The second kappa shape index (κ2) is 6.24. The second-order valence-electron chi connectivity index (χ2n) is 8.30. The molecule has 2 aliphatic carbocycles. The van der Waals surface area contributed by atoms with E-state index in [1.54, 1.807) is 11.3 Å². The van der Waals surface area contributed by atoms with Crippen LogP contribution in [-0.4, -0.2) is 22.7 Å². The number of aromatic nitrogens is 1. The lowest BCUT2D eigenvalue weighted by atomic mass is 9.45. The number of carbonyl (C=O) groups excluding carboxylic acids is 1. The maximum absolute atomic E-state index is 12.0. The molecule has 0 spiro atoms. The molecule has 2 fully saturated rings. The predicted octanol–water partition coefficient (Wildman–Crippen LogP) is 5.41. The standard InChI is InChI=1S/C20H23ClN2O2S/c1-19(2,3)25-18(24)23-15-10-20(9-8-14(15)20)17-22-16(11-26-17)12-4-6-13(21)7-5-12/h4-7,11,14-15H,8-10H2,1-3H3,(H,23,24). The number of hydrogen-bond acceptors (Lipinski definition) is 4. The topological polar surface area (TPSA) is 51.2 Å². The Kier molecular flexibility index (Phi) is 4.27. The molecule has 0 bridgehead atoms. The van der Waals surface area contributed by atoms with E-state index in [1.165, 1.54) is 5.01 Å². The summed E-state index contributed by atoms with van der Waals surface area (Å²) < 4.78 is 5.39. The van der Waals surface area contributed by atoms with Crippen LogP contribution in [0.3, 0.4) is 0 Å². The Bertz CT molecular complexity index is 827. The van der Waals surface area contributed by atoms with Crippen LogP contribution < -0.4 is 5.32 Å². The van der Waals surface area contributed by atoms with Crippen molar-refractivity contribution in [3.05, 3.63) is 39.7 Å². The summed E-state index contributed by atoms with van der Waals surface area (Å²) in [7, 11) is 0. The number of hydrogen-bond donors (Lipinski definition) is 1. The maximum Gasteiger partial charge on any atom is 0.407 e. The van der Waals surface area contributed by atoms with Crippen LogP contribution >= 0.6 is 22.9 Å². The van der Waals surface area contributed by atoms with Crippen molar-refractivity contribution in [2.45, 2.75) is 57.1 Å². The van der Waals surface area contributed by atoms with Crippen LogP contribution in [-0.2, 0) is 10.2 Å². The van der Waals surface area contributed by atoms with Crippen LogP contribution in [0.2, 0.25) is 5.02 Å². The fraction of sp³-hybridized carbons (Fsp3) is 0.500. The number of alkyl carbamates (subject to hydrolysis) is 1. The molecule has 6 heteroatoms. The third-order valence-electron chi connectivity index (χ3n) is 5.45. The van der Waals surface area contributed by atoms with Crippen molar-refractivity contribution in [3.63, 3.8) is 0 Å². The molecule has 3 unspecified atom stereocenters. The van der Waals surface area contributed by atoms with E-state index in [1.807, 2.05) is 45.0 Å². The minimum absolute atomic E-state index is 0.148. The number of carbonyl (C=O) groups is 1. The van der Waals surface area contributed by atoms with Crippen molar-refractivity contribution >= 4 is 29.0 Å². The van der Waals surface area contributed by atoms with Crippen molar-refractivity contribution < 1.29 is 9.53 Å². The van der Waals surface area contributed by atoms with Crippen LogP contribution in [0, 0.1) is 5.92 Å². The largest absolute Gasteiger partial charge is 0.444 e. The predicted molar refractivity (Wildman–Crippen MR) is 105 cm³/mol. The average molecular weight is 391 g/mol. The van der Waals surface area contributed by atoms with Gasteiger partial charge in [0.2, 0.25) is 0 Å². The van der Waals surface area contributed by atoms with Gasteiger partial charge < -0.3 is 10.1 Å². The SMILES string of the molecule is CC(C)(C)OC(=O)NC1CC2(c3nc(-c4ccc(Cl)cc4)cs3)CCC12. The van der Waals surface area contributed by atoms with Crippen LogP contribution in [0.5, 0.6) is 0 Å². The van der Waals surface area contributed by atoms with Crippen LogP contribution in [0.4, 0.5) is 4.79 Å². The molecule has 0 radical (unpaired) electrons. The minimum atomic E-state index is -0.465. The first kappa shape index (κ1) is 17.8. The second-order valence-corrected chi connectivity index (χ2v) is 9.60. The lowest BCUT2D eigenvalue weighted by Gasteiger charge is -2.62.